The highest BCUT2D eigenvalue weighted by Crippen LogP contribution is 2.29. The number of aryl methyl sites for hydroxylation is 2. The number of fused-ring (bicyclic) bond motifs is 2. The van der Waals surface area contributed by atoms with Gasteiger partial charge in [0, 0.05) is 42.6 Å². The van der Waals surface area contributed by atoms with Crippen LogP contribution in [0.25, 0.3) is 11.0 Å². The summed E-state index contributed by atoms with van der Waals surface area (Å²) in [5.41, 5.74) is 4.29. The molecule has 28 heavy (non-hydrogen) atoms. The molecule has 2 aliphatic rings. The molecular weight excluding hydrogens is 370 g/mol. The number of thiophene rings is 1. The van der Waals surface area contributed by atoms with E-state index in [9.17, 15) is 4.79 Å². The molecule has 0 bridgehead atoms. The second-order valence-corrected chi connectivity index (χ2v) is 8.98. The summed E-state index contributed by atoms with van der Waals surface area (Å²) >= 11 is 1.78. The second kappa shape index (κ2) is 7.82. The largest absolute Gasteiger partial charge is 0.423 e. The van der Waals surface area contributed by atoms with Crippen LogP contribution >= 0.6 is 11.3 Å². The first kappa shape index (κ1) is 18.1. The molecule has 5 heteroatoms. The molecule has 5 rings (SSSR count). The maximum absolute atomic E-state index is 12.2. The molecule has 1 aliphatic heterocycles. The summed E-state index contributed by atoms with van der Waals surface area (Å²) in [4.78, 5) is 16.0. The molecule has 0 spiro atoms. The summed E-state index contributed by atoms with van der Waals surface area (Å²) in [6.07, 6.45) is 5.94. The molecule has 0 N–H and O–H groups in total. The minimum absolute atomic E-state index is 0.256. The van der Waals surface area contributed by atoms with Gasteiger partial charge in [0.1, 0.15) is 5.58 Å². The maximum Gasteiger partial charge on any atom is 0.336 e. The van der Waals surface area contributed by atoms with E-state index in [1.807, 2.05) is 0 Å². The summed E-state index contributed by atoms with van der Waals surface area (Å²) < 4.78 is 11.4. The van der Waals surface area contributed by atoms with Crippen LogP contribution in [0.1, 0.15) is 40.8 Å². The molecule has 1 atom stereocenters. The molecule has 0 saturated carbocycles. The first-order valence-corrected chi connectivity index (χ1v) is 11.1. The summed E-state index contributed by atoms with van der Waals surface area (Å²) in [5, 5.41) is 3.21. The fourth-order valence-corrected chi connectivity index (χ4v) is 5.30. The lowest BCUT2D eigenvalue weighted by Crippen LogP contribution is -2.31. The van der Waals surface area contributed by atoms with Crippen molar-refractivity contribution in [3.8, 4) is 0 Å². The Labute approximate surface area is 168 Å². The van der Waals surface area contributed by atoms with Crippen LogP contribution in [0.5, 0.6) is 0 Å². The fraction of sp³-hybridized carbons (Fsp3) is 0.435. The summed E-state index contributed by atoms with van der Waals surface area (Å²) in [6.45, 7) is 3.37. The standard InChI is InChI=1S/C23H25NO3S/c25-23-12-18(21-10-16-4-1-5-17(16)11-22(21)27-23)13-24(14-19-6-2-8-26-19)15-20-7-3-9-28-20/h3,7,9-12,19H,1-2,4-6,8,13-15H2/t19-/m0/s1. The van der Waals surface area contributed by atoms with Crippen molar-refractivity contribution in [2.45, 2.75) is 51.3 Å². The van der Waals surface area contributed by atoms with E-state index in [1.54, 1.807) is 17.4 Å². The Morgan fingerprint density at radius 2 is 2.00 bits per heavy atom. The van der Waals surface area contributed by atoms with Gasteiger partial charge in [0.2, 0.25) is 0 Å². The van der Waals surface area contributed by atoms with Crippen molar-refractivity contribution in [1.82, 2.24) is 4.90 Å². The number of hydrogen-bond acceptors (Lipinski definition) is 5. The van der Waals surface area contributed by atoms with Crippen LogP contribution in [0.2, 0.25) is 0 Å². The molecule has 1 aromatic carbocycles. The predicted molar refractivity (Wildman–Crippen MR) is 112 cm³/mol. The van der Waals surface area contributed by atoms with Gasteiger partial charge in [-0.15, -0.1) is 11.3 Å². The first-order chi connectivity index (χ1) is 13.7. The van der Waals surface area contributed by atoms with E-state index in [2.05, 4.69) is 34.5 Å². The number of benzene rings is 1. The zero-order chi connectivity index (χ0) is 18.9. The Balaban J connectivity index is 1.48. The molecule has 3 aromatic rings. The van der Waals surface area contributed by atoms with Crippen LogP contribution in [-0.4, -0.2) is 24.2 Å². The minimum Gasteiger partial charge on any atom is -0.423 e. The first-order valence-electron chi connectivity index (χ1n) is 10.2. The van der Waals surface area contributed by atoms with Crippen molar-refractivity contribution in [3.05, 3.63) is 67.7 Å². The number of ether oxygens (including phenoxy) is 1. The summed E-state index contributed by atoms with van der Waals surface area (Å²) in [7, 11) is 0. The maximum atomic E-state index is 12.2. The molecule has 3 heterocycles. The van der Waals surface area contributed by atoms with Crippen LogP contribution in [0.4, 0.5) is 0 Å². The Bertz CT molecular complexity index is 1020. The molecule has 0 radical (unpaired) electrons. The van der Waals surface area contributed by atoms with Gasteiger partial charge in [-0.3, -0.25) is 4.90 Å². The van der Waals surface area contributed by atoms with Gasteiger partial charge in [0.15, 0.2) is 0 Å². The SMILES string of the molecule is O=c1cc(CN(Cc2cccs2)C[C@@H]2CCCO2)c2cc3c(cc2o1)CCC3. The van der Waals surface area contributed by atoms with Crippen molar-refractivity contribution in [2.75, 3.05) is 13.2 Å². The Kier molecular flexibility index (Phi) is 5.05. The average molecular weight is 396 g/mol. The van der Waals surface area contributed by atoms with Crippen molar-refractivity contribution < 1.29 is 9.15 Å². The lowest BCUT2D eigenvalue weighted by molar-refractivity contribution is 0.0683. The minimum atomic E-state index is -0.256. The van der Waals surface area contributed by atoms with E-state index >= 15 is 0 Å². The van der Waals surface area contributed by atoms with E-state index in [-0.39, 0.29) is 11.7 Å². The zero-order valence-electron chi connectivity index (χ0n) is 16.0. The number of nitrogens with zero attached hydrogens (tertiary/aromatic N) is 1. The van der Waals surface area contributed by atoms with E-state index in [0.717, 1.165) is 68.5 Å². The van der Waals surface area contributed by atoms with Crippen molar-refractivity contribution in [2.24, 2.45) is 0 Å². The topological polar surface area (TPSA) is 42.7 Å². The molecule has 2 aromatic heterocycles. The lowest BCUT2D eigenvalue weighted by Gasteiger charge is -2.25. The van der Waals surface area contributed by atoms with Crippen LogP contribution in [0.15, 0.2) is 44.9 Å². The van der Waals surface area contributed by atoms with Gasteiger partial charge in [-0.05, 0) is 72.4 Å². The third-order valence-electron chi connectivity index (χ3n) is 5.88. The van der Waals surface area contributed by atoms with E-state index < -0.39 is 0 Å². The fourth-order valence-electron chi connectivity index (χ4n) is 4.55. The second-order valence-electron chi connectivity index (χ2n) is 7.95. The highest BCUT2D eigenvalue weighted by Gasteiger charge is 2.22. The van der Waals surface area contributed by atoms with Crippen LogP contribution in [-0.2, 0) is 30.7 Å². The molecule has 1 fully saturated rings. The van der Waals surface area contributed by atoms with Gasteiger partial charge >= 0.3 is 5.63 Å². The van der Waals surface area contributed by atoms with E-state index in [1.165, 1.54) is 22.4 Å². The zero-order valence-corrected chi connectivity index (χ0v) is 16.8. The summed E-state index contributed by atoms with van der Waals surface area (Å²) in [5.74, 6) is 0. The van der Waals surface area contributed by atoms with Gasteiger partial charge in [-0.25, -0.2) is 4.79 Å². The van der Waals surface area contributed by atoms with Gasteiger partial charge < -0.3 is 9.15 Å². The predicted octanol–water partition coefficient (Wildman–Crippen LogP) is 4.52. The normalized spacial score (nSPS) is 19.0. The molecule has 146 valence electrons. The van der Waals surface area contributed by atoms with Gasteiger partial charge in [0.05, 0.1) is 6.10 Å². The van der Waals surface area contributed by atoms with Gasteiger partial charge in [0.25, 0.3) is 0 Å². The highest BCUT2D eigenvalue weighted by molar-refractivity contribution is 7.09. The van der Waals surface area contributed by atoms with Gasteiger partial charge in [-0.2, -0.15) is 0 Å². The Morgan fingerprint density at radius 3 is 2.79 bits per heavy atom. The van der Waals surface area contributed by atoms with Crippen molar-refractivity contribution in [3.63, 3.8) is 0 Å². The molecule has 1 saturated heterocycles. The Morgan fingerprint density at radius 1 is 1.11 bits per heavy atom. The molecule has 0 unspecified atom stereocenters. The molecule has 0 amide bonds. The molecular formula is C23H25NO3S. The van der Waals surface area contributed by atoms with Crippen molar-refractivity contribution in [1.29, 1.82) is 0 Å². The molecule has 1 aliphatic carbocycles. The summed E-state index contributed by atoms with van der Waals surface area (Å²) in [6, 6.07) is 10.3. The molecule has 4 nitrogen and oxygen atoms in total. The average Bonchev–Trinajstić information content (AvgIpc) is 3.42. The lowest BCUT2D eigenvalue weighted by atomic mass is 10.0. The monoisotopic (exact) mass is 395 g/mol. The van der Waals surface area contributed by atoms with Gasteiger partial charge in [-0.1, -0.05) is 6.07 Å². The van der Waals surface area contributed by atoms with Crippen LogP contribution in [0.3, 0.4) is 0 Å². The van der Waals surface area contributed by atoms with E-state index in [0.29, 0.717) is 0 Å². The van der Waals surface area contributed by atoms with Crippen molar-refractivity contribution >= 4 is 22.3 Å². The quantitative estimate of drug-likeness (QED) is 0.576. The highest BCUT2D eigenvalue weighted by atomic mass is 32.1. The smallest absolute Gasteiger partial charge is 0.336 e. The van der Waals surface area contributed by atoms with E-state index in [4.69, 9.17) is 9.15 Å². The van der Waals surface area contributed by atoms with Crippen LogP contribution < -0.4 is 5.63 Å². The third kappa shape index (κ3) is 3.79. The third-order valence-corrected chi connectivity index (χ3v) is 6.74. The van der Waals surface area contributed by atoms with Crippen LogP contribution in [0, 0.1) is 0 Å². The Hall–Kier alpha value is -1.95. The number of hydrogen-bond donors (Lipinski definition) is 0. The number of rotatable bonds is 6.